The van der Waals surface area contributed by atoms with Crippen LogP contribution in [-0.2, 0) is 14.4 Å². The third kappa shape index (κ3) is 3.29. The van der Waals surface area contributed by atoms with E-state index in [1.54, 1.807) is 6.92 Å². The van der Waals surface area contributed by atoms with E-state index in [1.807, 2.05) is 0 Å². The lowest BCUT2D eigenvalue weighted by molar-refractivity contribution is -0.140. The molecule has 0 aromatic carbocycles. The Morgan fingerprint density at radius 2 is 1.94 bits per heavy atom. The van der Waals surface area contributed by atoms with Crippen LogP contribution < -0.4 is 16.0 Å². The Labute approximate surface area is 106 Å². The number of rotatable bonds is 5. The van der Waals surface area contributed by atoms with E-state index in [-0.39, 0.29) is 18.0 Å². The zero-order chi connectivity index (χ0) is 13.1. The topological polar surface area (TPSA) is 87.3 Å². The lowest BCUT2D eigenvalue weighted by Gasteiger charge is -2.16. The maximum Gasteiger partial charge on any atom is 0.289 e. The Kier molecular flexibility index (Phi) is 3.96. The number of hydrogen-bond donors (Lipinski definition) is 3. The van der Waals surface area contributed by atoms with E-state index in [4.69, 9.17) is 0 Å². The van der Waals surface area contributed by atoms with Crippen molar-refractivity contribution in [2.24, 2.45) is 0 Å². The van der Waals surface area contributed by atoms with Gasteiger partial charge in [-0.3, -0.25) is 14.4 Å². The smallest absolute Gasteiger partial charge is 0.289 e. The quantitative estimate of drug-likeness (QED) is 0.554. The van der Waals surface area contributed by atoms with E-state index in [9.17, 15) is 14.4 Å². The summed E-state index contributed by atoms with van der Waals surface area (Å²) < 4.78 is 0. The monoisotopic (exact) mass is 253 g/mol. The second-order valence-electron chi connectivity index (χ2n) is 4.99. The molecule has 2 amide bonds. The van der Waals surface area contributed by atoms with Crippen LogP contribution in [0.5, 0.6) is 0 Å². The zero-order valence-electron chi connectivity index (χ0n) is 10.5. The summed E-state index contributed by atoms with van der Waals surface area (Å²) in [5.41, 5.74) is 0. The molecule has 0 aromatic rings. The van der Waals surface area contributed by atoms with Crippen molar-refractivity contribution in [3.05, 3.63) is 0 Å². The highest BCUT2D eigenvalue weighted by molar-refractivity contribution is 6.38. The first-order chi connectivity index (χ1) is 8.58. The van der Waals surface area contributed by atoms with Crippen LogP contribution in [0.2, 0.25) is 0 Å². The second-order valence-corrected chi connectivity index (χ2v) is 4.99. The van der Waals surface area contributed by atoms with E-state index in [2.05, 4.69) is 16.0 Å². The van der Waals surface area contributed by atoms with Crippen LogP contribution in [0, 0.1) is 0 Å². The van der Waals surface area contributed by atoms with Gasteiger partial charge >= 0.3 is 0 Å². The first-order valence-corrected chi connectivity index (χ1v) is 6.46. The summed E-state index contributed by atoms with van der Waals surface area (Å²) in [6, 6.07) is -0.841. The number of ketones is 1. The Balaban J connectivity index is 1.78. The second kappa shape index (κ2) is 5.48. The van der Waals surface area contributed by atoms with Crippen molar-refractivity contribution in [2.75, 3.05) is 6.54 Å². The van der Waals surface area contributed by atoms with Gasteiger partial charge in [-0.1, -0.05) is 0 Å². The summed E-state index contributed by atoms with van der Waals surface area (Å²) in [7, 11) is 0. The molecule has 2 rings (SSSR count). The summed E-state index contributed by atoms with van der Waals surface area (Å²) in [5, 5.41) is 8.25. The van der Waals surface area contributed by atoms with Crippen LogP contribution in [0.3, 0.4) is 0 Å². The highest BCUT2D eigenvalue weighted by Gasteiger charge is 2.31. The fourth-order valence-corrected chi connectivity index (χ4v) is 1.97. The number of Topliss-reactive ketones (excluding diaryl/α,β-unsaturated/α-hetero) is 1. The molecule has 2 aliphatic rings. The molecule has 2 atom stereocenters. The lowest BCUT2D eigenvalue weighted by Crippen LogP contribution is -2.50. The summed E-state index contributed by atoms with van der Waals surface area (Å²) in [5.74, 6) is -1.37. The first kappa shape index (κ1) is 13.0. The maximum atomic E-state index is 11.8. The van der Waals surface area contributed by atoms with Crippen LogP contribution >= 0.6 is 0 Å². The SMILES string of the molecule is CC(NC(=O)C1CCCN1)C(=O)C(=O)NC1CC1. The minimum Gasteiger partial charge on any atom is -0.347 e. The third-order valence-electron chi connectivity index (χ3n) is 3.27. The van der Waals surface area contributed by atoms with Gasteiger partial charge in [-0.05, 0) is 39.2 Å². The van der Waals surface area contributed by atoms with Gasteiger partial charge in [0.25, 0.3) is 5.91 Å². The van der Waals surface area contributed by atoms with Gasteiger partial charge < -0.3 is 16.0 Å². The summed E-state index contributed by atoms with van der Waals surface area (Å²) in [4.78, 5) is 35.0. The molecule has 18 heavy (non-hydrogen) atoms. The fourth-order valence-electron chi connectivity index (χ4n) is 1.97. The van der Waals surface area contributed by atoms with Crippen molar-refractivity contribution in [2.45, 2.75) is 50.7 Å². The van der Waals surface area contributed by atoms with Crippen LogP contribution in [-0.4, -0.2) is 42.3 Å². The Morgan fingerprint density at radius 1 is 1.22 bits per heavy atom. The summed E-state index contributed by atoms with van der Waals surface area (Å²) in [6.45, 7) is 2.37. The van der Waals surface area contributed by atoms with Gasteiger partial charge in [0, 0.05) is 6.04 Å². The molecular formula is C12H19N3O3. The van der Waals surface area contributed by atoms with Gasteiger partial charge in [-0.25, -0.2) is 0 Å². The predicted octanol–water partition coefficient (Wildman–Crippen LogP) is -0.909. The molecule has 0 aromatic heterocycles. The van der Waals surface area contributed by atoms with Crippen molar-refractivity contribution < 1.29 is 14.4 Å². The lowest BCUT2D eigenvalue weighted by atomic mass is 10.1. The van der Waals surface area contributed by atoms with Gasteiger partial charge in [0.2, 0.25) is 11.7 Å². The van der Waals surface area contributed by atoms with E-state index in [0.29, 0.717) is 0 Å². The molecule has 0 radical (unpaired) electrons. The van der Waals surface area contributed by atoms with Crippen LogP contribution in [0.1, 0.15) is 32.6 Å². The van der Waals surface area contributed by atoms with Gasteiger partial charge in [0.1, 0.15) is 0 Å². The van der Waals surface area contributed by atoms with E-state index >= 15 is 0 Å². The molecule has 1 saturated carbocycles. The number of amides is 2. The molecule has 0 spiro atoms. The third-order valence-corrected chi connectivity index (χ3v) is 3.27. The molecule has 0 bridgehead atoms. The van der Waals surface area contributed by atoms with Crippen molar-refractivity contribution >= 4 is 17.6 Å². The van der Waals surface area contributed by atoms with Crippen molar-refractivity contribution in [1.29, 1.82) is 0 Å². The highest BCUT2D eigenvalue weighted by Crippen LogP contribution is 2.18. The number of carbonyl (C=O) groups excluding carboxylic acids is 3. The summed E-state index contributed by atoms with van der Waals surface area (Å²) in [6.07, 6.45) is 3.61. The molecule has 6 nitrogen and oxygen atoms in total. The molecule has 100 valence electrons. The fraction of sp³-hybridized carbons (Fsp3) is 0.750. The minimum atomic E-state index is -0.765. The van der Waals surface area contributed by atoms with Crippen LogP contribution in [0.25, 0.3) is 0 Å². The first-order valence-electron chi connectivity index (χ1n) is 6.46. The van der Waals surface area contributed by atoms with E-state index < -0.39 is 17.7 Å². The molecule has 1 heterocycles. The number of carbonyl (C=O) groups is 3. The molecule has 1 aliphatic heterocycles. The Morgan fingerprint density at radius 3 is 2.50 bits per heavy atom. The molecule has 6 heteroatoms. The molecule has 1 saturated heterocycles. The normalized spacial score (nSPS) is 24.4. The zero-order valence-corrected chi connectivity index (χ0v) is 10.5. The Hall–Kier alpha value is -1.43. The van der Waals surface area contributed by atoms with Crippen molar-refractivity contribution in [3.63, 3.8) is 0 Å². The maximum absolute atomic E-state index is 11.8. The van der Waals surface area contributed by atoms with Crippen molar-refractivity contribution in [1.82, 2.24) is 16.0 Å². The molecule has 3 N–H and O–H groups in total. The van der Waals surface area contributed by atoms with E-state index in [0.717, 1.165) is 32.2 Å². The van der Waals surface area contributed by atoms with Gasteiger partial charge in [0.05, 0.1) is 12.1 Å². The molecule has 2 unspecified atom stereocenters. The van der Waals surface area contributed by atoms with Gasteiger partial charge in [-0.15, -0.1) is 0 Å². The molecule has 1 aliphatic carbocycles. The van der Waals surface area contributed by atoms with Crippen LogP contribution in [0.15, 0.2) is 0 Å². The standard InChI is InChI=1S/C12H19N3O3/c1-7(10(16)12(18)15-8-4-5-8)14-11(17)9-3-2-6-13-9/h7-9,13H,2-6H2,1H3,(H,14,17)(H,15,18). The molecule has 2 fully saturated rings. The minimum absolute atomic E-state index is 0.154. The highest BCUT2D eigenvalue weighted by atomic mass is 16.2. The van der Waals surface area contributed by atoms with E-state index in [1.165, 1.54) is 0 Å². The number of nitrogens with one attached hydrogen (secondary N) is 3. The summed E-state index contributed by atoms with van der Waals surface area (Å²) >= 11 is 0. The average Bonchev–Trinajstić information content (AvgIpc) is 2.98. The van der Waals surface area contributed by atoms with Gasteiger partial charge in [0.15, 0.2) is 0 Å². The average molecular weight is 253 g/mol. The molecular weight excluding hydrogens is 234 g/mol. The Bertz CT molecular complexity index is 360. The predicted molar refractivity (Wildman–Crippen MR) is 64.8 cm³/mol. The van der Waals surface area contributed by atoms with Gasteiger partial charge in [-0.2, -0.15) is 0 Å². The number of hydrogen-bond acceptors (Lipinski definition) is 4. The van der Waals surface area contributed by atoms with Crippen LogP contribution in [0.4, 0.5) is 0 Å². The van der Waals surface area contributed by atoms with Crippen molar-refractivity contribution in [3.8, 4) is 0 Å². The largest absolute Gasteiger partial charge is 0.347 e.